The van der Waals surface area contributed by atoms with Crippen molar-refractivity contribution in [2.24, 2.45) is 0 Å². The molecule has 0 aliphatic carbocycles. The van der Waals surface area contributed by atoms with Gasteiger partial charge in [0, 0.05) is 6.92 Å². The van der Waals surface area contributed by atoms with Crippen LogP contribution in [0.15, 0.2) is 29.8 Å². The Morgan fingerprint density at radius 3 is 2.29 bits per heavy atom. The van der Waals surface area contributed by atoms with E-state index < -0.39 is 5.97 Å². The molecule has 17 heavy (non-hydrogen) atoms. The number of hydrogen-bond acceptors (Lipinski definition) is 3. The lowest BCUT2D eigenvalue weighted by Crippen LogP contribution is -2.12. The summed E-state index contributed by atoms with van der Waals surface area (Å²) in [5, 5.41) is 0. The van der Waals surface area contributed by atoms with Crippen molar-refractivity contribution in [3.05, 3.63) is 41.0 Å². The molecule has 0 spiro atoms. The number of ether oxygens (including phenoxy) is 1. The van der Waals surface area contributed by atoms with E-state index in [1.54, 1.807) is 13.0 Å². The summed E-state index contributed by atoms with van der Waals surface area (Å²) in [6.07, 6.45) is 1.78. The molecule has 1 aromatic rings. The molecule has 0 aromatic heterocycles. The van der Waals surface area contributed by atoms with E-state index in [-0.39, 0.29) is 12.4 Å². The first-order chi connectivity index (χ1) is 7.99. The number of ketones is 1. The molecule has 0 amide bonds. The summed E-state index contributed by atoms with van der Waals surface area (Å²) in [6, 6.07) is 7.85. The quantitative estimate of drug-likeness (QED) is 0.592. The van der Waals surface area contributed by atoms with E-state index in [4.69, 9.17) is 0 Å². The highest BCUT2D eigenvalue weighted by Gasteiger charge is 2.06. The molecule has 0 heterocycles. The summed E-state index contributed by atoms with van der Waals surface area (Å²) < 4.78 is 4.65. The maximum Gasteiger partial charge on any atom is 0.303 e. The summed E-state index contributed by atoms with van der Waals surface area (Å²) in [7, 11) is 0. The van der Waals surface area contributed by atoms with E-state index in [1.807, 2.05) is 31.2 Å². The van der Waals surface area contributed by atoms with Gasteiger partial charge in [0.15, 0.2) is 12.4 Å². The monoisotopic (exact) mass is 232 g/mol. The molecule has 3 heteroatoms. The smallest absolute Gasteiger partial charge is 0.303 e. The van der Waals surface area contributed by atoms with Crippen molar-refractivity contribution in [3.63, 3.8) is 0 Å². The standard InChI is InChI=1S/C14H16O3/c1-10-4-6-13(7-5-10)8-11(2)14(16)9-17-12(3)15/h4-8H,9H2,1-3H3/b11-8+. The number of benzene rings is 1. The lowest BCUT2D eigenvalue weighted by atomic mass is 10.1. The van der Waals surface area contributed by atoms with Gasteiger partial charge in [-0.1, -0.05) is 29.8 Å². The van der Waals surface area contributed by atoms with Gasteiger partial charge in [0.2, 0.25) is 0 Å². The lowest BCUT2D eigenvalue weighted by Gasteiger charge is -2.02. The minimum absolute atomic E-state index is 0.180. The number of carbonyl (C=O) groups is 2. The fourth-order valence-corrected chi connectivity index (χ4v) is 1.27. The molecule has 1 rings (SSSR count). The topological polar surface area (TPSA) is 43.4 Å². The number of esters is 1. The average molecular weight is 232 g/mol. The fraction of sp³-hybridized carbons (Fsp3) is 0.286. The zero-order valence-electron chi connectivity index (χ0n) is 10.3. The van der Waals surface area contributed by atoms with Crippen LogP contribution >= 0.6 is 0 Å². The van der Waals surface area contributed by atoms with Gasteiger partial charge in [-0.05, 0) is 31.1 Å². The predicted molar refractivity (Wildman–Crippen MR) is 66.5 cm³/mol. The van der Waals surface area contributed by atoms with Crippen LogP contribution in [0.25, 0.3) is 6.08 Å². The van der Waals surface area contributed by atoms with Crippen molar-refractivity contribution < 1.29 is 14.3 Å². The largest absolute Gasteiger partial charge is 0.457 e. The van der Waals surface area contributed by atoms with Gasteiger partial charge in [-0.15, -0.1) is 0 Å². The Bertz CT molecular complexity index is 441. The average Bonchev–Trinajstić information content (AvgIpc) is 2.28. The van der Waals surface area contributed by atoms with Gasteiger partial charge in [-0.3, -0.25) is 9.59 Å². The van der Waals surface area contributed by atoms with Crippen LogP contribution in [0.2, 0.25) is 0 Å². The van der Waals surface area contributed by atoms with E-state index in [0.717, 1.165) is 5.56 Å². The number of aryl methyl sites for hydroxylation is 1. The van der Waals surface area contributed by atoms with Crippen LogP contribution in [0.4, 0.5) is 0 Å². The highest BCUT2D eigenvalue weighted by atomic mass is 16.5. The molecular weight excluding hydrogens is 216 g/mol. The molecule has 1 aromatic carbocycles. The van der Waals surface area contributed by atoms with Gasteiger partial charge in [-0.2, -0.15) is 0 Å². The maximum absolute atomic E-state index is 11.6. The fourth-order valence-electron chi connectivity index (χ4n) is 1.27. The molecular formula is C14H16O3. The van der Waals surface area contributed by atoms with Crippen LogP contribution in [0.1, 0.15) is 25.0 Å². The van der Waals surface area contributed by atoms with Crippen molar-refractivity contribution >= 4 is 17.8 Å². The molecule has 0 radical (unpaired) electrons. The Morgan fingerprint density at radius 1 is 1.18 bits per heavy atom. The minimum atomic E-state index is -0.443. The van der Waals surface area contributed by atoms with Crippen molar-refractivity contribution in [2.45, 2.75) is 20.8 Å². The van der Waals surface area contributed by atoms with Crippen LogP contribution in [-0.2, 0) is 14.3 Å². The van der Waals surface area contributed by atoms with Crippen molar-refractivity contribution in [1.29, 1.82) is 0 Å². The second-order valence-corrected chi connectivity index (χ2v) is 3.94. The maximum atomic E-state index is 11.6. The second-order valence-electron chi connectivity index (χ2n) is 3.94. The van der Waals surface area contributed by atoms with E-state index in [0.29, 0.717) is 5.57 Å². The summed E-state index contributed by atoms with van der Waals surface area (Å²) in [6.45, 7) is 4.81. The number of carbonyl (C=O) groups excluding carboxylic acids is 2. The van der Waals surface area contributed by atoms with Crippen molar-refractivity contribution in [1.82, 2.24) is 0 Å². The van der Waals surface area contributed by atoms with E-state index in [9.17, 15) is 9.59 Å². The zero-order valence-corrected chi connectivity index (χ0v) is 10.3. The SMILES string of the molecule is CC(=O)OCC(=O)/C(C)=C/c1ccc(C)cc1. The summed E-state index contributed by atoms with van der Waals surface area (Å²) in [5.74, 6) is -0.623. The number of Topliss-reactive ketones (excluding diaryl/α,β-unsaturated/α-hetero) is 1. The Hall–Kier alpha value is -1.90. The first-order valence-electron chi connectivity index (χ1n) is 5.40. The molecule has 0 atom stereocenters. The van der Waals surface area contributed by atoms with Crippen molar-refractivity contribution in [2.75, 3.05) is 6.61 Å². The summed E-state index contributed by atoms with van der Waals surface area (Å²) in [5.41, 5.74) is 2.71. The van der Waals surface area contributed by atoms with Crippen LogP contribution in [-0.4, -0.2) is 18.4 Å². The molecule has 90 valence electrons. The van der Waals surface area contributed by atoms with Crippen molar-refractivity contribution in [3.8, 4) is 0 Å². The summed E-state index contributed by atoms with van der Waals surface area (Å²) >= 11 is 0. The van der Waals surface area contributed by atoms with Gasteiger partial charge in [0.05, 0.1) is 0 Å². The van der Waals surface area contributed by atoms with Crippen LogP contribution in [0, 0.1) is 6.92 Å². The van der Waals surface area contributed by atoms with Gasteiger partial charge >= 0.3 is 5.97 Å². The molecule has 0 N–H and O–H groups in total. The molecule has 3 nitrogen and oxygen atoms in total. The molecule has 0 aliphatic rings. The van der Waals surface area contributed by atoms with Gasteiger partial charge in [0.25, 0.3) is 0 Å². The normalized spacial score (nSPS) is 11.1. The van der Waals surface area contributed by atoms with E-state index in [2.05, 4.69) is 4.74 Å². The second kappa shape index (κ2) is 5.99. The zero-order chi connectivity index (χ0) is 12.8. The Morgan fingerprint density at radius 2 is 1.76 bits per heavy atom. The minimum Gasteiger partial charge on any atom is -0.457 e. The third kappa shape index (κ3) is 4.64. The molecule has 0 unspecified atom stereocenters. The third-order valence-electron chi connectivity index (χ3n) is 2.31. The predicted octanol–water partition coefficient (Wildman–Crippen LogP) is 2.53. The van der Waals surface area contributed by atoms with E-state index >= 15 is 0 Å². The highest BCUT2D eigenvalue weighted by Crippen LogP contribution is 2.09. The lowest BCUT2D eigenvalue weighted by molar-refractivity contribution is -0.144. The van der Waals surface area contributed by atoms with Gasteiger partial charge < -0.3 is 4.74 Å². The molecule has 0 aliphatic heterocycles. The Labute approximate surface area is 101 Å². The first kappa shape index (κ1) is 13.2. The van der Waals surface area contributed by atoms with Crippen LogP contribution in [0.3, 0.4) is 0 Å². The van der Waals surface area contributed by atoms with Crippen LogP contribution in [0.5, 0.6) is 0 Å². The van der Waals surface area contributed by atoms with Gasteiger partial charge in [0.1, 0.15) is 0 Å². The molecule has 0 fully saturated rings. The van der Waals surface area contributed by atoms with E-state index in [1.165, 1.54) is 12.5 Å². The first-order valence-corrected chi connectivity index (χ1v) is 5.40. The number of hydrogen-bond donors (Lipinski definition) is 0. The molecule has 0 saturated heterocycles. The third-order valence-corrected chi connectivity index (χ3v) is 2.31. The Balaban J connectivity index is 2.68. The Kier molecular flexibility index (Phi) is 4.64. The molecule has 0 saturated carbocycles. The molecule has 0 bridgehead atoms. The summed E-state index contributed by atoms with van der Waals surface area (Å²) in [4.78, 5) is 22.1. The van der Waals surface area contributed by atoms with Gasteiger partial charge in [-0.25, -0.2) is 0 Å². The van der Waals surface area contributed by atoms with Crippen LogP contribution < -0.4 is 0 Å². The number of rotatable bonds is 4. The highest BCUT2D eigenvalue weighted by molar-refractivity contribution is 6.00.